The predicted octanol–water partition coefficient (Wildman–Crippen LogP) is 2.15. The molecule has 0 aromatic heterocycles. The van der Waals surface area contributed by atoms with Gasteiger partial charge in [0.25, 0.3) is 0 Å². The molecular formula is C16H29N3O3. The highest BCUT2D eigenvalue weighted by Crippen LogP contribution is 2.14. The third kappa shape index (κ3) is 5.31. The van der Waals surface area contributed by atoms with Crippen LogP contribution in [0.15, 0.2) is 0 Å². The molecule has 1 aliphatic rings. The molecule has 3 amide bonds. The Bertz CT molecular complexity index is 372. The summed E-state index contributed by atoms with van der Waals surface area (Å²) in [5.41, 5.74) is 0. The van der Waals surface area contributed by atoms with E-state index in [1.165, 1.54) is 0 Å². The highest BCUT2D eigenvalue weighted by atomic mass is 16.2. The van der Waals surface area contributed by atoms with Crippen LogP contribution in [-0.2, 0) is 14.4 Å². The fourth-order valence-electron chi connectivity index (χ4n) is 2.46. The van der Waals surface area contributed by atoms with Gasteiger partial charge in [-0.25, -0.2) is 0 Å². The van der Waals surface area contributed by atoms with Crippen molar-refractivity contribution in [3.63, 3.8) is 0 Å². The van der Waals surface area contributed by atoms with Crippen molar-refractivity contribution in [1.29, 1.82) is 0 Å². The maximum atomic E-state index is 12.3. The first kappa shape index (κ1) is 18.5. The fraction of sp³-hybridized carbons (Fsp3) is 0.812. The fourth-order valence-corrected chi connectivity index (χ4v) is 2.46. The molecule has 0 atom stereocenters. The van der Waals surface area contributed by atoms with E-state index in [2.05, 4.69) is 0 Å². The molecule has 0 unspecified atom stereocenters. The summed E-state index contributed by atoms with van der Waals surface area (Å²) >= 11 is 0. The first-order chi connectivity index (χ1) is 10.5. The average Bonchev–Trinajstić information content (AvgIpc) is 2.52. The lowest BCUT2D eigenvalue weighted by atomic mass is 10.2. The van der Waals surface area contributed by atoms with Crippen LogP contribution in [0.3, 0.4) is 0 Å². The summed E-state index contributed by atoms with van der Waals surface area (Å²) in [6.07, 6.45) is 4.70. The molecular weight excluding hydrogens is 282 g/mol. The van der Waals surface area contributed by atoms with Crippen LogP contribution < -0.4 is 0 Å². The summed E-state index contributed by atoms with van der Waals surface area (Å²) in [5.74, 6) is 0.0275. The van der Waals surface area contributed by atoms with E-state index in [4.69, 9.17) is 0 Å². The van der Waals surface area contributed by atoms with Gasteiger partial charge in [-0.2, -0.15) is 0 Å². The predicted molar refractivity (Wildman–Crippen MR) is 84.5 cm³/mol. The third-order valence-electron chi connectivity index (χ3n) is 3.75. The lowest BCUT2D eigenvalue weighted by Gasteiger charge is -2.42. The van der Waals surface area contributed by atoms with Crippen LogP contribution in [0.25, 0.3) is 0 Å². The van der Waals surface area contributed by atoms with E-state index < -0.39 is 0 Å². The number of hydrogen-bond donors (Lipinski definition) is 0. The SMILES string of the molecule is CCCCC(=O)N1CN(C(=O)CCC)CN(C(=O)CCC)C1. The van der Waals surface area contributed by atoms with Crippen LogP contribution in [0.5, 0.6) is 0 Å². The summed E-state index contributed by atoms with van der Waals surface area (Å²) in [5, 5.41) is 0. The molecule has 126 valence electrons. The molecule has 0 aliphatic carbocycles. The molecule has 0 spiro atoms. The molecule has 1 heterocycles. The minimum atomic E-state index is 0.00444. The van der Waals surface area contributed by atoms with Gasteiger partial charge in [-0.3, -0.25) is 14.4 Å². The van der Waals surface area contributed by atoms with Crippen molar-refractivity contribution in [3.05, 3.63) is 0 Å². The van der Waals surface area contributed by atoms with Crippen LogP contribution in [-0.4, -0.2) is 52.4 Å². The van der Waals surface area contributed by atoms with Crippen molar-refractivity contribution in [1.82, 2.24) is 14.7 Å². The van der Waals surface area contributed by atoms with E-state index in [9.17, 15) is 14.4 Å². The van der Waals surface area contributed by atoms with E-state index >= 15 is 0 Å². The topological polar surface area (TPSA) is 60.9 Å². The van der Waals surface area contributed by atoms with E-state index in [1.54, 1.807) is 14.7 Å². The number of amides is 3. The van der Waals surface area contributed by atoms with Crippen LogP contribution in [0, 0.1) is 0 Å². The molecule has 6 nitrogen and oxygen atoms in total. The van der Waals surface area contributed by atoms with E-state index in [1.807, 2.05) is 20.8 Å². The molecule has 0 saturated carbocycles. The molecule has 0 aromatic rings. The lowest BCUT2D eigenvalue weighted by molar-refractivity contribution is -0.158. The number of rotatable bonds is 7. The minimum absolute atomic E-state index is 0.00444. The Balaban J connectivity index is 2.77. The zero-order valence-corrected chi connectivity index (χ0v) is 14.1. The van der Waals surface area contributed by atoms with E-state index in [0.29, 0.717) is 39.3 Å². The summed E-state index contributed by atoms with van der Waals surface area (Å²) < 4.78 is 0. The summed E-state index contributed by atoms with van der Waals surface area (Å²) in [7, 11) is 0. The van der Waals surface area contributed by atoms with Crippen LogP contribution in [0.4, 0.5) is 0 Å². The Morgan fingerprint density at radius 3 is 1.32 bits per heavy atom. The molecule has 1 fully saturated rings. The monoisotopic (exact) mass is 311 g/mol. The maximum absolute atomic E-state index is 12.3. The van der Waals surface area contributed by atoms with Gasteiger partial charge >= 0.3 is 0 Å². The number of nitrogens with zero attached hydrogens (tertiary/aromatic N) is 3. The van der Waals surface area contributed by atoms with Gasteiger partial charge in [0.15, 0.2) is 0 Å². The van der Waals surface area contributed by atoms with Gasteiger partial charge < -0.3 is 14.7 Å². The second-order valence-electron chi connectivity index (χ2n) is 5.83. The Kier molecular flexibility index (Phi) is 7.91. The largest absolute Gasteiger partial charge is 0.307 e. The molecule has 22 heavy (non-hydrogen) atoms. The van der Waals surface area contributed by atoms with E-state index in [-0.39, 0.29) is 17.7 Å². The minimum Gasteiger partial charge on any atom is -0.307 e. The van der Waals surface area contributed by atoms with Gasteiger partial charge in [0.05, 0.1) is 20.0 Å². The van der Waals surface area contributed by atoms with E-state index in [0.717, 1.165) is 25.7 Å². The normalized spacial score (nSPS) is 15.1. The van der Waals surface area contributed by atoms with Crippen molar-refractivity contribution < 1.29 is 14.4 Å². The molecule has 0 radical (unpaired) electrons. The van der Waals surface area contributed by atoms with Crippen molar-refractivity contribution in [3.8, 4) is 0 Å². The standard InChI is InChI=1S/C16H29N3O3/c1-4-7-10-16(22)19-12-17(14(20)8-5-2)11-18(13-19)15(21)9-6-3/h4-13H2,1-3H3. The third-order valence-corrected chi connectivity index (χ3v) is 3.75. The van der Waals surface area contributed by atoms with Crippen LogP contribution in [0.1, 0.15) is 65.7 Å². The van der Waals surface area contributed by atoms with Gasteiger partial charge in [-0.15, -0.1) is 0 Å². The molecule has 0 aromatic carbocycles. The average molecular weight is 311 g/mol. The van der Waals surface area contributed by atoms with Gasteiger partial charge in [-0.05, 0) is 19.3 Å². The molecule has 1 aliphatic heterocycles. The second-order valence-corrected chi connectivity index (χ2v) is 5.83. The summed E-state index contributed by atoms with van der Waals surface area (Å²) in [6, 6.07) is 0. The van der Waals surface area contributed by atoms with Crippen molar-refractivity contribution >= 4 is 17.7 Å². The molecule has 1 saturated heterocycles. The zero-order chi connectivity index (χ0) is 16.5. The highest BCUT2D eigenvalue weighted by Gasteiger charge is 2.30. The molecule has 0 N–H and O–H groups in total. The van der Waals surface area contributed by atoms with Gasteiger partial charge in [0.2, 0.25) is 17.7 Å². The lowest BCUT2D eigenvalue weighted by Crippen LogP contribution is -2.59. The molecule has 1 rings (SSSR count). The zero-order valence-electron chi connectivity index (χ0n) is 14.1. The Morgan fingerprint density at radius 2 is 1.00 bits per heavy atom. The summed E-state index contributed by atoms with van der Waals surface area (Å²) in [6.45, 7) is 6.85. The first-order valence-corrected chi connectivity index (χ1v) is 8.36. The van der Waals surface area contributed by atoms with Crippen molar-refractivity contribution in [2.75, 3.05) is 20.0 Å². The van der Waals surface area contributed by atoms with Crippen LogP contribution in [0.2, 0.25) is 0 Å². The Labute approximate surface area is 133 Å². The van der Waals surface area contributed by atoms with Gasteiger partial charge in [-0.1, -0.05) is 27.2 Å². The second kappa shape index (κ2) is 9.43. The molecule has 6 heteroatoms. The van der Waals surface area contributed by atoms with Gasteiger partial charge in [0, 0.05) is 19.3 Å². The number of hydrogen-bond acceptors (Lipinski definition) is 3. The Hall–Kier alpha value is -1.59. The van der Waals surface area contributed by atoms with Gasteiger partial charge in [0.1, 0.15) is 0 Å². The number of carbonyl (C=O) groups excluding carboxylic acids is 3. The molecule has 0 bridgehead atoms. The van der Waals surface area contributed by atoms with Crippen LogP contribution >= 0.6 is 0 Å². The smallest absolute Gasteiger partial charge is 0.225 e. The maximum Gasteiger partial charge on any atom is 0.225 e. The number of unbranched alkanes of at least 4 members (excludes halogenated alkanes) is 1. The quantitative estimate of drug-likeness (QED) is 0.724. The highest BCUT2D eigenvalue weighted by molar-refractivity contribution is 5.81. The number of carbonyl (C=O) groups is 3. The summed E-state index contributed by atoms with van der Waals surface area (Å²) in [4.78, 5) is 41.4. The van der Waals surface area contributed by atoms with Crippen molar-refractivity contribution in [2.45, 2.75) is 65.7 Å². The first-order valence-electron chi connectivity index (χ1n) is 8.36. The Morgan fingerprint density at radius 1 is 0.636 bits per heavy atom. The van der Waals surface area contributed by atoms with Crippen molar-refractivity contribution in [2.24, 2.45) is 0 Å².